The fourth-order valence-corrected chi connectivity index (χ4v) is 5.82. The highest BCUT2D eigenvalue weighted by molar-refractivity contribution is 6.22. The number of carbonyl (C=O) groups excluding carboxylic acids is 3. The number of ether oxygens (including phenoxy) is 2. The van der Waals surface area contributed by atoms with E-state index in [0.29, 0.717) is 34.6 Å². The van der Waals surface area contributed by atoms with Crippen molar-refractivity contribution in [1.82, 2.24) is 0 Å². The lowest BCUT2D eigenvalue weighted by Crippen LogP contribution is -2.40. The summed E-state index contributed by atoms with van der Waals surface area (Å²) in [7, 11) is 1.51. The number of hydrogen-bond donors (Lipinski definition) is 0. The van der Waals surface area contributed by atoms with Gasteiger partial charge in [-0.25, -0.2) is 4.79 Å². The number of allylic oxidation sites excluding steroid dienone is 2. The maximum Gasteiger partial charge on any atom is 0.343 e. The molecular weight excluding hydrogens is 394 g/mol. The Bertz CT molecular complexity index is 1100. The van der Waals surface area contributed by atoms with Gasteiger partial charge in [0.25, 0.3) is 0 Å². The summed E-state index contributed by atoms with van der Waals surface area (Å²) in [5.74, 6) is 1.09. The minimum absolute atomic E-state index is 0.107. The van der Waals surface area contributed by atoms with E-state index in [1.54, 1.807) is 48.5 Å². The van der Waals surface area contributed by atoms with E-state index in [0.717, 1.165) is 6.42 Å². The van der Waals surface area contributed by atoms with Crippen molar-refractivity contribution in [2.75, 3.05) is 12.0 Å². The van der Waals surface area contributed by atoms with E-state index in [1.807, 2.05) is 0 Å². The lowest BCUT2D eigenvalue weighted by Gasteiger charge is -2.37. The van der Waals surface area contributed by atoms with Crippen LogP contribution in [0.3, 0.4) is 0 Å². The van der Waals surface area contributed by atoms with Gasteiger partial charge in [0.15, 0.2) is 11.5 Å². The lowest BCUT2D eigenvalue weighted by atomic mass is 9.63. The molecule has 2 bridgehead atoms. The van der Waals surface area contributed by atoms with Crippen LogP contribution in [0.25, 0.3) is 0 Å². The lowest BCUT2D eigenvalue weighted by molar-refractivity contribution is -0.124. The topological polar surface area (TPSA) is 72.9 Å². The average Bonchev–Trinajstić information content (AvgIpc) is 3.58. The number of hydrogen-bond acceptors (Lipinski definition) is 5. The van der Waals surface area contributed by atoms with E-state index in [1.165, 1.54) is 12.0 Å². The van der Waals surface area contributed by atoms with Gasteiger partial charge in [-0.3, -0.25) is 14.5 Å². The van der Waals surface area contributed by atoms with Gasteiger partial charge >= 0.3 is 5.97 Å². The molecule has 0 unspecified atom stereocenters. The molecule has 6 atom stereocenters. The first kappa shape index (κ1) is 18.4. The molecule has 6 nitrogen and oxygen atoms in total. The van der Waals surface area contributed by atoms with Crippen LogP contribution in [0, 0.1) is 35.5 Å². The van der Waals surface area contributed by atoms with Gasteiger partial charge < -0.3 is 9.47 Å². The summed E-state index contributed by atoms with van der Waals surface area (Å²) in [4.78, 5) is 40.3. The molecule has 1 heterocycles. The van der Waals surface area contributed by atoms with Gasteiger partial charge in [-0.1, -0.05) is 24.3 Å². The minimum Gasteiger partial charge on any atom is -0.493 e. The van der Waals surface area contributed by atoms with Crippen molar-refractivity contribution in [1.29, 1.82) is 0 Å². The van der Waals surface area contributed by atoms with Crippen LogP contribution in [0.1, 0.15) is 16.8 Å². The molecule has 2 amide bonds. The second-order valence-electron chi connectivity index (χ2n) is 8.75. The number of anilines is 1. The van der Waals surface area contributed by atoms with Crippen molar-refractivity contribution in [3.63, 3.8) is 0 Å². The number of methoxy groups -OCH3 is 1. The Morgan fingerprint density at radius 1 is 0.871 bits per heavy atom. The maximum atomic E-state index is 13.2. The number of nitrogens with zero attached hydrogens (tertiary/aromatic N) is 1. The van der Waals surface area contributed by atoms with Gasteiger partial charge in [0, 0.05) is 0 Å². The summed E-state index contributed by atoms with van der Waals surface area (Å²) in [5, 5.41) is 0. The Kier molecular flexibility index (Phi) is 3.88. The summed E-state index contributed by atoms with van der Waals surface area (Å²) < 4.78 is 10.6. The van der Waals surface area contributed by atoms with Crippen LogP contribution in [0.5, 0.6) is 11.5 Å². The highest BCUT2D eigenvalue weighted by Crippen LogP contribution is 2.65. The standard InChI is InChI=1S/C25H21NO5/c1-30-19-4-2-3-5-20(19)31-25(29)13-6-8-14(9-7-13)26-23(27)21-15-10-11-16(18-12-17(15)18)22(21)24(26)28/h2-11,15-18,21-22H,12H2,1H3/t15-,16-,17-,18-,21+,22+/m0/s1. The molecule has 31 heavy (non-hydrogen) atoms. The molecule has 5 aliphatic rings. The third-order valence-electron chi connectivity index (χ3n) is 7.30. The number of benzene rings is 2. The molecule has 2 aromatic carbocycles. The van der Waals surface area contributed by atoms with Crippen LogP contribution in [-0.4, -0.2) is 24.9 Å². The van der Waals surface area contributed by atoms with Crippen molar-refractivity contribution in [3.05, 3.63) is 66.2 Å². The fourth-order valence-electron chi connectivity index (χ4n) is 5.82. The summed E-state index contributed by atoms with van der Waals surface area (Å²) in [6.07, 6.45) is 5.45. The summed E-state index contributed by atoms with van der Waals surface area (Å²) in [6.45, 7) is 0. The van der Waals surface area contributed by atoms with Crippen molar-refractivity contribution >= 4 is 23.5 Å². The van der Waals surface area contributed by atoms with E-state index in [2.05, 4.69) is 12.2 Å². The van der Waals surface area contributed by atoms with Crippen LogP contribution in [0.15, 0.2) is 60.7 Å². The molecule has 7 rings (SSSR count). The molecule has 6 heteroatoms. The first-order valence-corrected chi connectivity index (χ1v) is 10.6. The molecule has 0 aromatic heterocycles. The number of rotatable bonds is 4. The van der Waals surface area contributed by atoms with E-state index < -0.39 is 5.97 Å². The molecule has 4 aliphatic carbocycles. The number of para-hydroxylation sites is 2. The Labute approximate surface area is 179 Å². The Morgan fingerprint density at radius 3 is 2.03 bits per heavy atom. The summed E-state index contributed by atoms with van der Waals surface area (Å²) >= 11 is 0. The Morgan fingerprint density at radius 2 is 1.45 bits per heavy atom. The third-order valence-corrected chi connectivity index (χ3v) is 7.30. The second kappa shape index (κ2) is 6.54. The molecule has 1 saturated heterocycles. The zero-order valence-corrected chi connectivity index (χ0v) is 16.9. The predicted octanol–water partition coefficient (Wildman–Crippen LogP) is 3.47. The monoisotopic (exact) mass is 415 g/mol. The Balaban J connectivity index is 1.23. The first-order valence-electron chi connectivity index (χ1n) is 10.6. The summed E-state index contributed by atoms with van der Waals surface area (Å²) in [5.41, 5.74) is 0.834. The largest absolute Gasteiger partial charge is 0.493 e. The fraction of sp³-hybridized carbons (Fsp3) is 0.320. The Hall–Kier alpha value is -3.41. The molecule has 0 spiro atoms. The van der Waals surface area contributed by atoms with E-state index in [-0.39, 0.29) is 35.5 Å². The minimum atomic E-state index is -0.536. The molecule has 2 aromatic rings. The van der Waals surface area contributed by atoms with Gasteiger partial charge in [0.1, 0.15) is 0 Å². The first-order chi connectivity index (χ1) is 15.1. The third kappa shape index (κ3) is 2.60. The van der Waals surface area contributed by atoms with E-state index in [9.17, 15) is 14.4 Å². The van der Waals surface area contributed by atoms with Crippen molar-refractivity contribution < 1.29 is 23.9 Å². The molecule has 2 saturated carbocycles. The van der Waals surface area contributed by atoms with Gasteiger partial charge in [-0.05, 0) is 66.5 Å². The van der Waals surface area contributed by atoms with Gasteiger partial charge in [-0.15, -0.1) is 0 Å². The van der Waals surface area contributed by atoms with Crippen molar-refractivity contribution in [2.24, 2.45) is 35.5 Å². The smallest absolute Gasteiger partial charge is 0.343 e. The zero-order chi connectivity index (χ0) is 21.3. The highest BCUT2D eigenvalue weighted by atomic mass is 16.6. The molecule has 156 valence electrons. The van der Waals surface area contributed by atoms with Crippen LogP contribution in [0.2, 0.25) is 0 Å². The number of amides is 2. The van der Waals surface area contributed by atoms with Crippen molar-refractivity contribution in [2.45, 2.75) is 6.42 Å². The van der Waals surface area contributed by atoms with E-state index >= 15 is 0 Å². The van der Waals surface area contributed by atoms with Crippen LogP contribution >= 0.6 is 0 Å². The molecule has 1 aliphatic heterocycles. The second-order valence-corrected chi connectivity index (χ2v) is 8.75. The summed E-state index contributed by atoms with van der Waals surface area (Å²) in [6, 6.07) is 13.4. The molecule has 0 N–H and O–H groups in total. The average molecular weight is 415 g/mol. The normalized spacial score (nSPS) is 32.0. The number of carbonyl (C=O) groups is 3. The van der Waals surface area contributed by atoms with Crippen LogP contribution in [-0.2, 0) is 9.59 Å². The quantitative estimate of drug-likeness (QED) is 0.331. The van der Waals surface area contributed by atoms with Crippen molar-refractivity contribution in [3.8, 4) is 11.5 Å². The van der Waals surface area contributed by atoms with Gasteiger partial charge in [0.2, 0.25) is 11.8 Å². The molecule has 0 radical (unpaired) electrons. The van der Waals surface area contributed by atoms with Crippen LogP contribution < -0.4 is 14.4 Å². The molecule has 3 fully saturated rings. The zero-order valence-electron chi connectivity index (χ0n) is 16.9. The van der Waals surface area contributed by atoms with Gasteiger partial charge in [-0.2, -0.15) is 0 Å². The van der Waals surface area contributed by atoms with E-state index in [4.69, 9.17) is 9.47 Å². The van der Waals surface area contributed by atoms with Gasteiger partial charge in [0.05, 0.1) is 30.2 Å². The number of esters is 1. The predicted molar refractivity (Wildman–Crippen MR) is 112 cm³/mol. The molecular formula is C25H21NO5. The number of imide groups is 1. The van der Waals surface area contributed by atoms with Crippen LogP contribution in [0.4, 0.5) is 5.69 Å². The SMILES string of the molecule is COc1ccccc1OC(=O)c1ccc(N2C(=O)[C@@H]3[C@H]4C=C[C@@H]([C@@H]5C[C@@H]45)[C@H]3C2=O)cc1. The highest BCUT2D eigenvalue weighted by Gasteiger charge is 2.67. The maximum absolute atomic E-state index is 13.2.